The molecule has 6 aromatic carbocycles. The first-order valence-corrected chi connectivity index (χ1v) is 22.8. The van der Waals surface area contributed by atoms with Crippen LogP contribution in [0.25, 0.3) is 49.5 Å². The van der Waals surface area contributed by atoms with E-state index in [0.717, 1.165) is 81.5 Å². The molecule has 0 aromatic heterocycles. The lowest BCUT2D eigenvalue weighted by Crippen LogP contribution is -2.44. The molecule has 1 atom stereocenters. The van der Waals surface area contributed by atoms with Crippen LogP contribution < -0.4 is 28.4 Å². The third-order valence-electron chi connectivity index (χ3n) is 13.5. The van der Waals surface area contributed by atoms with Gasteiger partial charge in [0, 0.05) is 56.1 Å². The monoisotopic (exact) mass is 869 g/mol. The summed E-state index contributed by atoms with van der Waals surface area (Å²) in [6, 6.07) is 36.0. The standard InChI is InChI=1S/C56H59N3O6/c1-9-28-63-38-19-15-36(16-20-38)56(37-17-21-39(22-18-37)64-29-12-27-58-59-57)26-25-43-51-50(42-13-10-11-14-47(42)55(51)34-53(2,3)33-54(4,5)35-55)45-31-44(49(62-8)32-46(45)52(43)65-56)41-24-23-40(60-6)30-48(41)61-7/h10-11,13-26,30-32H,9,12,27-29,33-35H2,1-8H3. The van der Waals surface area contributed by atoms with Crippen LogP contribution in [0.3, 0.4) is 0 Å². The van der Waals surface area contributed by atoms with E-state index in [0.29, 0.717) is 43.4 Å². The smallest absolute Gasteiger partial charge is 0.178 e. The van der Waals surface area contributed by atoms with Crippen molar-refractivity contribution in [2.75, 3.05) is 41.1 Å². The van der Waals surface area contributed by atoms with Gasteiger partial charge in [0.25, 0.3) is 0 Å². The summed E-state index contributed by atoms with van der Waals surface area (Å²) in [5.74, 6) is 4.46. The van der Waals surface area contributed by atoms with E-state index in [9.17, 15) is 0 Å². The van der Waals surface area contributed by atoms with Crippen molar-refractivity contribution >= 4 is 16.8 Å². The highest BCUT2D eigenvalue weighted by Crippen LogP contribution is 2.67. The van der Waals surface area contributed by atoms with Gasteiger partial charge in [-0.1, -0.05) is 94.3 Å². The Bertz CT molecular complexity index is 2820. The first kappa shape index (κ1) is 43.7. The Kier molecular flexibility index (Phi) is 11.5. The summed E-state index contributed by atoms with van der Waals surface area (Å²) in [5.41, 5.74) is 17.6. The summed E-state index contributed by atoms with van der Waals surface area (Å²) in [6.07, 6.45) is 9.28. The maximum atomic E-state index is 8.72. The molecule has 9 heteroatoms. The van der Waals surface area contributed by atoms with E-state index in [1.54, 1.807) is 21.3 Å². The van der Waals surface area contributed by atoms with Crippen molar-refractivity contribution in [2.45, 2.75) is 77.7 Å². The van der Waals surface area contributed by atoms with Gasteiger partial charge in [-0.25, -0.2) is 0 Å². The normalized spacial score (nSPS) is 18.2. The lowest BCUT2D eigenvalue weighted by atomic mass is 9.52. The molecule has 0 saturated heterocycles. The van der Waals surface area contributed by atoms with E-state index in [4.69, 9.17) is 34.0 Å². The minimum absolute atomic E-state index is 0.0666. The van der Waals surface area contributed by atoms with Gasteiger partial charge in [-0.2, -0.15) is 0 Å². The highest BCUT2D eigenvalue weighted by molar-refractivity contribution is 6.11. The van der Waals surface area contributed by atoms with Crippen molar-refractivity contribution in [2.24, 2.45) is 15.9 Å². The molecule has 0 radical (unpaired) electrons. The van der Waals surface area contributed by atoms with Crippen molar-refractivity contribution in [3.63, 3.8) is 0 Å². The fourth-order valence-electron chi connectivity index (χ4n) is 11.7. The number of rotatable bonds is 14. The Morgan fingerprint density at radius 3 is 1.92 bits per heavy atom. The van der Waals surface area contributed by atoms with Gasteiger partial charge in [0.2, 0.25) is 0 Å². The maximum Gasteiger partial charge on any atom is 0.178 e. The average molecular weight is 870 g/mol. The number of nitrogens with zero attached hydrogens (tertiary/aromatic N) is 3. The molecule has 3 aliphatic rings. The summed E-state index contributed by atoms with van der Waals surface area (Å²) in [7, 11) is 5.09. The molecule has 9 rings (SSSR count). The summed E-state index contributed by atoms with van der Waals surface area (Å²) < 4.78 is 38.0. The first-order valence-electron chi connectivity index (χ1n) is 22.8. The van der Waals surface area contributed by atoms with Crippen LogP contribution in [0.5, 0.6) is 34.5 Å². The fourth-order valence-corrected chi connectivity index (χ4v) is 11.7. The lowest BCUT2D eigenvalue weighted by molar-refractivity contribution is 0.0642. The van der Waals surface area contributed by atoms with Gasteiger partial charge in [-0.15, -0.1) is 0 Å². The molecular formula is C56H59N3O6. The highest BCUT2D eigenvalue weighted by atomic mass is 16.5. The van der Waals surface area contributed by atoms with Crippen LogP contribution in [0.2, 0.25) is 0 Å². The number of benzene rings is 6. The Labute approximate surface area is 382 Å². The molecule has 9 nitrogen and oxygen atoms in total. The van der Waals surface area contributed by atoms with E-state index in [-0.39, 0.29) is 16.2 Å². The van der Waals surface area contributed by atoms with Crippen LogP contribution in [0.1, 0.15) is 94.5 Å². The van der Waals surface area contributed by atoms with Crippen LogP contribution in [-0.2, 0) is 11.0 Å². The van der Waals surface area contributed by atoms with E-state index >= 15 is 0 Å². The Morgan fingerprint density at radius 2 is 1.29 bits per heavy atom. The zero-order valence-corrected chi connectivity index (χ0v) is 38.9. The SMILES string of the molecule is CCCOc1ccc(C2(c3ccc(OCCCN=[N+]=[N-])cc3)C=Cc3c4c(c5cc(-c6ccc(OC)cc6OC)c(OC)cc5c3O2)-c2ccccc2C42CC(C)(C)CC(C)(C)C2)cc1. The zero-order valence-electron chi connectivity index (χ0n) is 38.9. The molecular weight excluding hydrogens is 811 g/mol. The molecule has 65 heavy (non-hydrogen) atoms. The van der Waals surface area contributed by atoms with E-state index < -0.39 is 5.60 Å². The lowest BCUT2D eigenvalue weighted by Gasteiger charge is -2.52. The fraction of sp³-hybridized carbons (Fsp3) is 0.357. The summed E-state index contributed by atoms with van der Waals surface area (Å²) in [4.78, 5) is 2.87. The van der Waals surface area contributed by atoms with Gasteiger partial charge in [0.05, 0.1) is 34.5 Å². The van der Waals surface area contributed by atoms with E-state index in [1.807, 2.05) is 42.5 Å². The van der Waals surface area contributed by atoms with Crippen molar-refractivity contribution in [1.29, 1.82) is 0 Å². The van der Waals surface area contributed by atoms with Crippen LogP contribution in [0.4, 0.5) is 0 Å². The molecule has 2 aliphatic carbocycles. The number of methoxy groups -OCH3 is 3. The van der Waals surface area contributed by atoms with Gasteiger partial charge in [0.15, 0.2) is 5.60 Å². The topological polar surface area (TPSA) is 104 Å². The molecule has 1 saturated carbocycles. The highest BCUT2D eigenvalue weighted by Gasteiger charge is 2.55. The zero-order chi connectivity index (χ0) is 45.6. The number of azide groups is 1. The first-order chi connectivity index (χ1) is 31.4. The minimum atomic E-state index is -1.04. The van der Waals surface area contributed by atoms with Crippen molar-refractivity contribution in [1.82, 2.24) is 0 Å². The molecule has 1 spiro atoms. The van der Waals surface area contributed by atoms with Gasteiger partial charge < -0.3 is 28.4 Å². The second kappa shape index (κ2) is 17.1. The Hall–Kier alpha value is -6.57. The minimum Gasteiger partial charge on any atom is -0.497 e. The maximum absolute atomic E-state index is 8.72. The van der Waals surface area contributed by atoms with Gasteiger partial charge in [-0.3, -0.25) is 0 Å². The number of hydrogen-bond acceptors (Lipinski definition) is 7. The average Bonchev–Trinajstić information content (AvgIpc) is 3.57. The molecule has 0 amide bonds. The third kappa shape index (κ3) is 7.69. The van der Waals surface area contributed by atoms with E-state index in [2.05, 4.69) is 117 Å². The predicted molar refractivity (Wildman–Crippen MR) is 260 cm³/mol. The summed E-state index contributed by atoms with van der Waals surface area (Å²) in [5, 5.41) is 5.71. The molecule has 1 unspecified atom stereocenters. The predicted octanol–water partition coefficient (Wildman–Crippen LogP) is 14.3. The molecule has 334 valence electrons. The third-order valence-corrected chi connectivity index (χ3v) is 13.5. The van der Waals surface area contributed by atoms with Gasteiger partial charge >= 0.3 is 0 Å². The van der Waals surface area contributed by atoms with Crippen LogP contribution in [0, 0.1) is 10.8 Å². The van der Waals surface area contributed by atoms with Crippen LogP contribution >= 0.6 is 0 Å². The van der Waals surface area contributed by atoms with Crippen molar-refractivity contribution in [3.05, 3.63) is 147 Å². The van der Waals surface area contributed by atoms with E-state index in [1.165, 1.54) is 22.3 Å². The number of hydrogen-bond donors (Lipinski definition) is 0. The summed E-state index contributed by atoms with van der Waals surface area (Å²) in [6.45, 7) is 13.4. The molecule has 0 bridgehead atoms. The Balaban J connectivity index is 1.33. The van der Waals surface area contributed by atoms with Gasteiger partial charge in [0.1, 0.15) is 34.5 Å². The quantitative estimate of drug-likeness (QED) is 0.0467. The van der Waals surface area contributed by atoms with Crippen molar-refractivity contribution < 1.29 is 28.4 Å². The molecule has 1 aliphatic heterocycles. The molecule has 1 fully saturated rings. The molecule has 6 aromatic rings. The van der Waals surface area contributed by atoms with Gasteiger partial charge in [-0.05, 0) is 131 Å². The number of fused-ring (bicyclic) bond motifs is 10. The molecule has 1 heterocycles. The van der Waals surface area contributed by atoms with Crippen molar-refractivity contribution in [3.8, 4) is 56.8 Å². The molecule has 0 N–H and O–H groups in total. The second-order valence-electron chi connectivity index (χ2n) is 19.4. The largest absolute Gasteiger partial charge is 0.497 e. The van der Waals surface area contributed by atoms with Crippen LogP contribution in [-0.4, -0.2) is 41.1 Å². The van der Waals surface area contributed by atoms with Crippen LogP contribution in [0.15, 0.2) is 114 Å². The Morgan fingerprint density at radius 1 is 0.662 bits per heavy atom. The summed E-state index contributed by atoms with van der Waals surface area (Å²) >= 11 is 0. The second-order valence-corrected chi connectivity index (χ2v) is 19.4. The number of ether oxygens (including phenoxy) is 6.